The fourth-order valence-corrected chi connectivity index (χ4v) is 1.81. The van der Waals surface area contributed by atoms with Crippen LogP contribution < -0.4 is 0 Å². The highest BCUT2D eigenvalue weighted by atomic mass is 35.5. The second kappa shape index (κ2) is 3.74. The summed E-state index contributed by atoms with van der Waals surface area (Å²) in [4.78, 5) is 11.9. The van der Waals surface area contributed by atoms with Gasteiger partial charge in [-0.3, -0.25) is 4.79 Å². The number of carbonyl (C=O) groups excluding carboxylic acids is 1. The molecule has 74 valence electrons. The molecule has 14 heavy (non-hydrogen) atoms. The van der Waals surface area contributed by atoms with Gasteiger partial charge in [-0.25, -0.2) is 0 Å². The minimum Gasteiger partial charge on any atom is -0.294 e. The van der Waals surface area contributed by atoms with Crippen molar-refractivity contribution in [1.82, 2.24) is 0 Å². The van der Waals surface area contributed by atoms with Crippen LogP contribution in [0.3, 0.4) is 0 Å². The van der Waals surface area contributed by atoms with E-state index in [1.165, 1.54) is 12.8 Å². The van der Waals surface area contributed by atoms with Crippen molar-refractivity contribution in [1.29, 1.82) is 0 Å². The second-order valence-corrected chi connectivity index (χ2v) is 4.43. The first-order valence-electron chi connectivity index (χ1n) is 4.98. The van der Waals surface area contributed by atoms with Crippen LogP contribution in [0.15, 0.2) is 24.3 Å². The van der Waals surface area contributed by atoms with Crippen molar-refractivity contribution in [2.24, 2.45) is 11.8 Å². The van der Waals surface area contributed by atoms with Crippen molar-refractivity contribution < 1.29 is 4.79 Å². The number of hydrogen-bond donors (Lipinski definition) is 0. The summed E-state index contributed by atoms with van der Waals surface area (Å²) in [5.41, 5.74) is 0.786. The van der Waals surface area contributed by atoms with Crippen molar-refractivity contribution in [2.45, 2.75) is 19.8 Å². The minimum absolute atomic E-state index is 0.177. The second-order valence-electron chi connectivity index (χ2n) is 4.00. The molecule has 0 spiro atoms. The predicted molar refractivity (Wildman–Crippen MR) is 57.7 cm³/mol. The number of halogens is 1. The van der Waals surface area contributed by atoms with E-state index in [-0.39, 0.29) is 11.7 Å². The van der Waals surface area contributed by atoms with Gasteiger partial charge in [0.2, 0.25) is 0 Å². The van der Waals surface area contributed by atoms with Crippen molar-refractivity contribution >= 4 is 17.4 Å². The molecule has 0 radical (unpaired) electrons. The number of Topliss-reactive ketones (excluding diaryl/α,β-unsaturated/α-hetero) is 1. The average Bonchev–Trinajstić information content (AvgIpc) is 3.00. The summed E-state index contributed by atoms with van der Waals surface area (Å²) in [7, 11) is 0. The van der Waals surface area contributed by atoms with Gasteiger partial charge < -0.3 is 0 Å². The Hall–Kier alpha value is -0.820. The van der Waals surface area contributed by atoms with Gasteiger partial charge in [0, 0.05) is 16.5 Å². The van der Waals surface area contributed by atoms with Crippen LogP contribution >= 0.6 is 11.6 Å². The first-order valence-corrected chi connectivity index (χ1v) is 5.36. The molecule has 1 unspecified atom stereocenters. The van der Waals surface area contributed by atoms with Gasteiger partial charge in [0.05, 0.1) is 0 Å². The molecule has 1 aliphatic rings. The molecule has 0 amide bonds. The molecule has 0 N–H and O–H groups in total. The maximum absolute atomic E-state index is 11.9. The SMILES string of the molecule is CC(C(=O)c1ccc(Cl)cc1)C1CC1. The normalized spacial score (nSPS) is 17.9. The maximum atomic E-state index is 11.9. The zero-order valence-electron chi connectivity index (χ0n) is 8.16. The van der Waals surface area contributed by atoms with Gasteiger partial charge in [-0.1, -0.05) is 18.5 Å². The van der Waals surface area contributed by atoms with Crippen LogP contribution in [0.2, 0.25) is 5.02 Å². The van der Waals surface area contributed by atoms with E-state index in [0.717, 1.165) is 5.56 Å². The summed E-state index contributed by atoms with van der Waals surface area (Å²) in [6.07, 6.45) is 2.42. The van der Waals surface area contributed by atoms with Crippen LogP contribution in [0.25, 0.3) is 0 Å². The maximum Gasteiger partial charge on any atom is 0.165 e. The average molecular weight is 209 g/mol. The van der Waals surface area contributed by atoms with E-state index in [9.17, 15) is 4.79 Å². The third-order valence-corrected chi connectivity index (χ3v) is 3.12. The number of carbonyl (C=O) groups is 1. The lowest BCUT2D eigenvalue weighted by molar-refractivity contribution is 0.0916. The fraction of sp³-hybridized carbons (Fsp3) is 0.417. The smallest absolute Gasteiger partial charge is 0.165 e. The third kappa shape index (κ3) is 1.98. The van der Waals surface area contributed by atoms with Crippen molar-refractivity contribution in [3.8, 4) is 0 Å². The Balaban J connectivity index is 2.13. The zero-order chi connectivity index (χ0) is 10.1. The predicted octanol–water partition coefficient (Wildman–Crippen LogP) is 3.57. The van der Waals surface area contributed by atoms with Gasteiger partial charge in [0.25, 0.3) is 0 Å². The number of hydrogen-bond acceptors (Lipinski definition) is 1. The topological polar surface area (TPSA) is 17.1 Å². The number of ketones is 1. The van der Waals surface area contributed by atoms with Crippen LogP contribution in [0.1, 0.15) is 30.1 Å². The van der Waals surface area contributed by atoms with Gasteiger partial charge >= 0.3 is 0 Å². The molecule has 2 rings (SSSR count). The molecule has 1 aliphatic carbocycles. The quantitative estimate of drug-likeness (QED) is 0.695. The molecular weight excluding hydrogens is 196 g/mol. The molecule has 0 aromatic heterocycles. The highest BCUT2D eigenvalue weighted by Crippen LogP contribution is 2.38. The lowest BCUT2D eigenvalue weighted by Gasteiger charge is -2.08. The van der Waals surface area contributed by atoms with E-state index >= 15 is 0 Å². The molecule has 2 heteroatoms. The highest BCUT2D eigenvalue weighted by molar-refractivity contribution is 6.30. The van der Waals surface area contributed by atoms with E-state index < -0.39 is 0 Å². The summed E-state index contributed by atoms with van der Waals surface area (Å²) >= 11 is 5.76. The van der Waals surface area contributed by atoms with Gasteiger partial charge in [0.15, 0.2) is 5.78 Å². The largest absolute Gasteiger partial charge is 0.294 e. The van der Waals surface area contributed by atoms with Crippen molar-refractivity contribution in [3.05, 3.63) is 34.9 Å². The molecule has 0 heterocycles. The van der Waals surface area contributed by atoms with Crippen molar-refractivity contribution in [3.63, 3.8) is 0 Å². The summed E-state index contributed by atoms with van der Waals surface area (Å²) in [5, 5.41) is 0.681. The third-order valence-electron chi connectivity index (χ3n) is 2.87. The molecule has 1 nitrogen and oxygen atoms in total. The minimum atomic E-state index is 0.177. The summed E-state index contributed by atoms with van der Waals surface area (Å²) in [6.45, 7) is 2.02. The van der Waals surface area contributed by atoms with E-state index in [4.69, 9.17) is 11.6 Å². The van der Waals surface area contributed by atoms with Crippen LogP contribution in [0.5, 0.6) is 0 Å². The summed E-state index contributed by atoms with van der Waals surface area (Å²) in [5.74, 6) is 1.05. The Morgan fingerprint density at radius 3 is 2.43 bits per heavy atom. The van der Waals surface area contributed by atoms with Crippen LogP contribution in [-0.2, 0) is 0 Å². The molecule has 1 saturated carbocycles. The standard InChI is InChI=1S/C12H13ClO/c1-8(9-2-3-9)12(14)10-4-6-11(13)7-5-10/h4-9H,2-3H2,1H3. The van der Waals surface area contributed by atoms with Gasteiger partial charge in [-0.2, -0.15) is 0 Å². The Labute approximate surface area is 89.1 Å². The molecule has 1 aromatic rings. The first-order chi connectivity index (χ1) is 6.68. The van der Waals surface area contributed by atoms with Crippen LogP contribution in [0.4, 0.5) is 0 Å². The summed E-state index contributed by atoms with van der Waals surface area (Å²) in [6, 6.07) is 7.16. The van der Waals surface area contributed by atoms with E-state index in [1.54, 1.807) is 12.1 Å². The van der Waals surface area contributed by atoms with Crippen molar-refractivity contribution in [2.75, 3.05) is 0 Å². The highest BCUT2D eigenvalue weighted by Gasteiger charge is 2.32. The van der Waals surface area contributed by atoms with Crippen LogP contribution in [-0.4, -0.2) is 5.78 Å². The molecule has 0 bridgehead atoms. The molecule has 1 fully saturated rings. The lowest BCUT2D eigenvalue weighted by atomic mass is 9.95. The van der Waals surface area contributed by atoms with Gasteiger partial charge in [0.1, 0.15) is 0 Å². The fourth-order valence-electron chi connectivity index (χ4n) is 1.69. The molecule has 1 atom stereocenters. The molecular formula is C12H13ClO. The Morgan fingerprint density at radius 2 is 1.93 bits per heavy atom. The zero-order valence-corrected chi connectivity index (χ0v) is 8.92. The number of rotatable bonds is 3. The van der Waals surface area contributed by atoms with Gasteiger partial charge in [-0.05, 0) is 43.0 Å². The van der Waals surface area contributed by atoms with Crippen LogP contribution in [0, 0.1) is 11.8 Å². The summed E-state index contributed by atoms with van der Waals surface area (Å²) < 4.78 is 0. The Morgan fingerprint density at radius 1 is 1.36 bits per heavy atom. The molecule has 0 saturated heterocycles. The monoisotopic (exact) mass is 208 g/mol. The Kier molecular flexibility index (Phi) is 2.60. The number of benzene rings is 1. The van der Waals surface area contributed by atoms with E-state index in [2.05, 4.69) is 0 Å². The first kappa shape index (κ1) is 9.72. The van der Waals surface area contributed by atoms with Gasteiger partial charge in [-0.15, -0.1) is 0 Å². The van der Waals surface area contributed by atoms with E-state index in [1.807, 2.05) is 19.1 Å². The lowest BCUT2D eigenvalue weighted by Crippen LogP contribution is -2.12. The Bertz CT molecular complexity index is 338. The molecule has 1 aromatic carbocycles. The molecule has 0 aliphatic heterocycles. The van der Waals surface area contributed by atoms with E-state index in [0.29, 0.717) is 10.9 Å².